The maximum absolute atomic E-state index is 11.1. The van der Waals surface area contributed by atoms with Crippen LogP contribution in [0.5, 0.6) is 0 Å². The Morgan fingerprint density at radius 2 is 2.12 bits per heavy atom. The van der Waals surface area contributed by atoms with E-state index in [0.717, 1.165) is 24.8 Å². The van der Waals surface area contributed by atoms with E-state index in [1.54, 1.807) is 0 Å². The fraction of sp³-hybridized carbons (Fsp3) is 0.462. The van der Waals surface area contributed by atoms with Gasteiger partial charge in [-0.2, -0.15) is 0 Å². The SMILES string of the molecule is CC(O)(C(=O)O)C1CCCc2ccccc21. The summed E-state index contributed by atoms with van der Waals surface area (Å²) in [4.78, 5) is 11.1. The minimum absolute atomic E-state index is 0.296. The number of benzene rings is 1. The van der Waals surface area contributed by atoms with E-state index in [9.17, 15) is 9.90 Å². The number of hydrogen-bond donors (Lipinski definition) is 2. The van der Waals surface area contributed by atoms with Gasteiger partial charge in [-0.05, 0) is 37.3 Å². The van der Waals surface area contributed by atoms with Crippen molar-refractivity contribution >= 4 is 5.97 Å². The summed E-state index contributed by atoms with van der Waals surface area (Å²) in [5.41, 5.74) is 0.484. The predicted molar refractivity (Wildman–Crippen MR) is 60.4 cm³/mol. The van der Waals surface area contributed by atoms with Crippen molar-refractivity contribution in [3.63, 3.8) is 0 Å². The van der Waals surface area contributed by atoms with Gasteiger partial charge in [0.15, 0.2) is 5.60 Å². The van der Waals surface area contributed by atoms with E-state index < -0.39 is 11.6 Å². The number of rotatable bonds is 2. The van der Waals surface area contributed by atoms with Gasteiger partial charge < -0.3 is 10.2 Å². The molecule has 3 nitrogen and oxygen atoms in total. The topological polar surface area (TPSA) is 57.5 Å². The number of fused-ring (bicyclic) bond motifs is 1. The zero-order valence-corrected chi connectivity index (χ0v) is 9.31. The Bertz CT molecular complexity index is 409. The van der Waals surface area contributed by atoms with Crippen molar-refractivity contribution in [2.24, 2.45) is 0 Å². The van der Waals surface area contributed by atoms with Crippen molar-refractivity contribution in [1.29, 1.82) is 0 Å². The third-order valence-corrected chi connectivity index (χ3v) is 3.48. The number of aryl methyl sites for hydroxylation is 1. The summed E-state index contributed by atoms with van der Waals surface area (Å²) in [6.45, 7) is 1.39. The predicted octanol–water partition coefficient (Wildman–Crippen LogP) is 1.94. The summed E-state index contributed by atoms with van der Waals surface area (Å²) in [6, 6.07) is 7.79. The smallest absolute Gasteiger partial charge is 0.336 e. The van der Waals surface area contributed by atoms with E-state index in [1.165, 1.54) is 12.5 Å². The van der Waals surface area contributed by atoms with Crippen molar-refractivity contribution in [2.45, 2.75) is 37.7 Å². The molecule has 16 heavy (non-hydrogen) atoms. The standard InChI is InChI=1S/C13H16O3/c1-13(16,12(14)15)11-8-4-6-9-5-2-3-7-10(9)11/h2-3,5,7,11,16H,4,6,8H2,1H3,(H,14,15). The first-order chi connectivity index (χ1) is 7.53. The highest BCUT2D eigenvalue weighted by atomic mass is 16.4. The van der Waals surface area contributed by atoms with Crippen LogP contribution < -0.4 is 0 Å². The molecule has 1 aliphatic carbocycles. The van der Waals surface area contributed by atoms with E-state index in [2.05, 4.69) is 0 Å². The zero-order chi connectivity index (χ0) is 11.8. The largest absolute Gasteiger partial charge is 0.479 e. The van der Waals surface area contributed by atoms with Crippen LogP contribution in [-0.2, 0) is 11.2 Å². The molecule has 2 N–H and O–H groups in total. The number of aliphatic hydroxyl groups is 1. The van der Waals surface area contributed by atoms with Crippen molar-refractivity contribution in [3.8, 4) is 0 Å². The van der Waals surface area contributed by atoms with Crippen LogP contribution in [0.25, 0.3) is 0 Å². The van der Waals surface area contributed by atoms with Gasteiger partial charge in [0.05, 0.1) is 0 Å². The highest BCUT2D eigenvalue weighted by Gasteiger charge is 2.41. The maximum atomic E-state index is 11.1. The first kappa shape index (κ1) is 11.1. The minimum Gasteiger partial charge on any atom is -0.479 e. The van der Waals surface area contributed by atoms with Gasteiger partial charge in [0.2, 0.25) is 0 Å². The quantitative estimate of drug-likeness (QED) is 0.800. The number of carbonyl (C=O) groups is 1. The molecular weight excluding hydrogens is 204 g/mol. The van der Waals surface area contributed by atoms with Crippen LogP contribution in [0.2, 0.25) is 0 Å². The average molecular weight is 220 g/mol. The Balaban J connectivity index is 2.42. The van der Waals surface area contributed by atoms with Crippen LogP contribution in [0.3, 0.4) is 0 Å². The molecule has 1 aromatic rings. The molecule has 2 atom stereocenters. The summed E-state index contributed by atoms with van der Waals surface area (Å²) in [5, 5.41) is 19.1. The molecule has 0 amide bonds. The van der Waals surface area contributed by atoms with Gasteiger partial charge in [-0.1, -0.05) is 24.3 Å². The fourth-order valence-electron chi connectivity index (χ4n) is 2.49. The molecule has 0 saturated carbocycles. The third-order valence-electron chi connectivity index (χ3n) is 3.48. The maximum Gasteiger partial charge on any atom is 0.336 e. The summed E-state index contributed by atoms with van der Waals surface area (Å²) in [6.07, 6.45) is 2.64. The molecule has 0 radical (unpaired) electrons. The second-order valence-corrected chi connectivity index (χ2v) is 4.60. The van der Waals surface area contributed by atoms with Gasteiger partial charge >= 0.3 is 5.97 Å². The summed E-state index contributed by atoms with van der Waals surface area (Å²) >= 11 is 0. The minimum atomic E-state index is -1.67. The van der Waals surface area contributed by atoms with Crippen LogP contribution >= 0.6 is 0 Å². The van der Waals surface area contributed by atoms with Crippen molar-refractivity contribution in [2.75, 3.05) is 0 Å². The Morgan fingerprint density at radius 1 is 1.44 bits per heavy atom. The molecule has 0 spiro atoms. The lowest BCUT2D eigenvalue weighted by molar-refractivity contribution is -0.159. The Morgan fingerprint density at radius 3 is 2.81 bits per heavy atom. The molecule has 86 valence electrons. The Labute approximate surface area is 94.7 Å². The van der Waals surface area contributed by atoms with E-state index in [4.69, 9.17) is 5.11 Å². The Kier molecular flexibility index (Phi) is 2.72. The van der Waals surface area contributed by atoms with E-state index in [0.29, 0.717) is 0 Å². The average Bonchev–Trinajstić information content (AvgIpc) is 2.28. The number of carboxylic acids is 1. The van der Waals surface area contributed by atoms with E-state index in [-0.39, 0.29) is 5.92 Å². The fourth-order valence-corrected chi connectivity index (χ4v) is 2.49. The molecular formula is C13H16O3. The number of carboxylic acid groups (broad SMARTS) is 1. The van der Waals surface area contributed by atoms with Crippen LogP contribution in [0.1, 0.15) is 36.8 Å². The highest BCUT2D eigenvalue weighted by molar-refractivity contribution is 5.78. The lowest BCUT2D eigenvalue weighted by atomic mass is 9.74. The molecule has 0 aromatic heterocycles. The molecule has 0 heterocycles. The molecule has 2 rings (SSSR count). The van der Waals surface area contributed by atoms with Gasteiger partial charge in [0, 0.05) is 5.92 Å². The Hall–Kier alpha value is -1.35. The van der Waals surface area contributed by atoms with Gasteiger partial charge in [-0.25, -0.2) is 4.79 Å². The molecule has 0 fully saturated rings. The molecule has 0 aliphatic heterocycles. The normalized spacial score (nSPS) is 23.2. The monoisotopic (exact) mass is 220 g/mol. The van der Waals surface area contributed by atoms with Gasteiger partial charge in [-0.3, -0.25) is 0 Å². The molecule has 0 saturated heterocycles. The number of aliphatic carboxylic acids is 1. The second kappa shape index (κ2) is 3.91. The summed E-state index contributed by atoms with van der Waals surface area (Å²) in [5.74, 6) is -1.44. The summed E-state index contributed by atoms with van der Waals surface area (Å²) < 4.78 is 0. The van der Waals surface area contributed by atoms with Gasteiger partial charge in [0.1, 0.15) is 0 Å². The van der Waals surface area contributed by atoms with Crippen molar-refractivity contribution < 1.29 is 15.0 Å². The van der Waals surface area contributed by atoms with Crippen LogP contribution in [0, 0.1) is 0 Å². The number of hydrogen-bond acceptors (Lipinski definition) is 2. The van der Waals surface area contributed by atoms with Crippen LogP contribution in [-0.4, -0.2) is 21.8 Å². The van der Waals surface area contributed by atoms with Gasteiger partial charge in [0.25, 0.3) is 0 Å². The van der Waals surface area contributed by atoms with Crippen LogP contribution in [0.4, 0.5) is 0 Å². The lowest BCUT2D eigenvalue weighted by Crippen LogP contribution is -2.42. The van der Waals surface area contributed by atoms with E-state index >= 15 is 0 Å². The molecule has 1 aromatic carbocycles. The molecule has 0 bridgehead atoms. The first-order valence-corrected chi connectivity index (χ1v) is 5.57. The molecule has 2 unspecified atom stereocenters. The molecule has 1 aliphatic rings. The molecule has 3 heteroatoms. The lowest BCUT2D eigenvalue weighted by Gasteiger charge is -2.34. The second-order valence-electron chi connectivity index (χ2n) is 4.60. The van der Waals surface area contributed by atoms with Crippen LogP contribution in [0.15, 0.2) is 24.3 Å². The van der Waals surface area contributed by atoms with Crippen molar-refractivity contribution in [1.82, 2.24) is 0 Å². The summed E-state index contributed by atoms with van der Waals surface area (Å²) in [7, 11) is 0. The van der Waals surface area contributed by atoms with Crippen molar-refractivity contribution in [3.05, 3.63) is 35.4 Å². The third kappa shape index (κ3) is 1.71. The highest BCUT2D eigenvalue weighted by Crippen LogP contribution is 2.38. The zero-order valence-electron chi connectivity index (χ0n) is 9.31. The first-order valence-electron chi connectivity index (χ1n) is 5.57. The van der Waals surface area contributed by atoms with Gasteiger partial charge in [-0.15, -0.1) is 0 Å². The van der Waals surface area contributed by atoms with E-state index in [1.807, 2.05) is 24.3 Å².